The fourth-order valence-corrected chi connectivity index (χ4v) is 2.84. The molecule has 5 heteroatoms. The minimum atomic E-state index is -0.146. The number of aryl methyl sites for hydroxylation is 1. The Morgan fingerprint density at radius 2 is 2.04 bits per heavy atom. The van der Waals surface area contributed by atoms with E-state index in [1.165, 1.54) is 11.1 Å². The molecule has 0 fully saturated rings. The Labute approximate surface area is 139 Å². The molecule has 0 aliphatic carbocycles. The van der Waals surface area contributed by atoms with Crippen molar-refractivity contribution >= 4 is 22.5 Å². The minimum Gasteiger partial charge on any atom is -0.309 e. The standard InChI is InChI=1S/C18H18ClN3O/c1-11-5-3-4-6-14(11)12(2)20-10-17-21-16-9-13(19)7-8-15(16)18(23)22-17/h3-9,12,20H,10H2,1-2H3,(H,21,22,23)/t12-/m0/s1. The first-order valence-corrected chi connectivity index (χ1v) is 7.90. The fourth-order valence-electron chi connectivity index (χ4n) is 2.68. The third-order valence-corrected chi connectivity index (χ3v) is 4.18. The summed E-state index contributed by atoms with van der Waals surface area (Å²) in [5.41, 5.74) is 2.94. The lowest BCUT2D eigenvalue weighted by atomic mass is 10.0. The summed E-state index contributed by atoms with van der Waals surface area (Å²) < 4.78 is 0. The summed E-state index contributed by atoms with van der Waals surface area (Å²) in [7, 11) is 0. The molecule has 3 aromatic rings. The van der Waals surface area contributed by atoms with Gasteiger partial charge in [-0.2, -0.15) is 0 Å². The summed E-state index contributed by atoms with van der Waals surface area (Å²) in [6.45, 7) is 4.66. The first-order valence-electron chi connectivity index (χ1n) is 7.52. The van der Waals surface area contributed by atoms with Crippen molar-refractivity contribution in [3.05, 3.63) is 74.8 Å². The molecule has 0 bridgehead atoms. The minimum absolute atomic E-state index is 0.146. The number of nitrogens with zero attached hydrogens (tertiary/aromatic N) is 1. The van der Waals surface area contributed by atoms with Crippen molar-refractivity contribution in [2.24, 2.45) is 0 Å². The molecule has 118 valence electrons. The topological polar surface area (TPSA) is 57.8 Å². The van der Waals surface area contributed by atoms with E-state index >= 15 is 0 Å². The van der Waals surface area contributed by atoms with Crippen LogP contribution in [0.5, 0.6) is 0 Å². The molecule has 1 atom stereocenters. The molecule has 0 saturated heterocycles. The molecular weight excluding hydrogens is 310 g/mol. The molecule has 0 radical (unpaired) electrons. The van der Waals surface area contributed by atoms with E-state index in [4.69, 9.17) is 11.6 Å². The number of benzene rings is 2. The average molecular weight is 328 g/mol. The van der Waals surface area contributed by atoms with Crippen molar-refractivity contribution in [3.63, 3.8) is 0 Å². The normalized spacial score (nSPS) is 12.5. The number of hydrogen-bond donors (Lipinski definition) is 2. The highest BCUT2D eigenvalue weighted by molar-refractivity contribution is 6.31. The molecule has 2 aromatic carbocycles. The van der Waals surface area contributed by atoms with Crippen LogP contribution in [-0.2, 0) is 6.54 Å². The van der Waals surface area contributed by atoms with Crippen molar-refractivity contribution in [2.75, 3.05) is 0 Å². The third-order valence-electron chi connectivity index (χ3n) is 3.95. The van der Waals surface area contributed by atoms with Gasteiger partial charge in [-0.15, -0.1) is 0 Å². The Morgan fingerprint density at radius 3 is 2.83 bits per heavy atom. The first-order chi connectivity index (χ1) is 11.0. The predicted octanol–water partition coefficient (Wildman–Crippen LogP) is 3.74. The highest BCUT2D eigenvalue weighted by Crippen LogP contribution is 2.17. The smallest absolute Gasteiger partial charge is 0.258 e. The van der Waals surface area contributed by atoms with Crippen LogP contribution in [0.4, 0.5) is 0 Å². The highest BCUT2D eigenvalue weighted by Gasteiger charge is 2.09. The Morgan fingerprint density at radius 1 is 1.26 bits per heavy atom. The Balaban J connectivity index is 1.82. The van der Waals surface area contributed by atoms with E-state index in [-0.39, 0.29) is 11.6 Å². The van der Waals surface area contributed by atoms with E-state index in [1.54, 1.807) is 18.2 Å². The second kappa shape index (κ2) is 6.52. The van der Waals surface area contributed by atoms with Gasteiger partial charge in [-0.25, -0.2) is 4.98 Å². The van der Waals surface area contributed by atoms with E-state index in [9.17, 15) is 4.79 Å². The van der Waals surface area contributed by atoms with Gasteiger partial charge in [-0.3, -0.25) is 4.79 Å². The lowest BCUT2D eigenvalue weighted by molar-refractivity contribution is 0.557. The van der Waals surface area contributed by atoms with E-state index in [0.29, 0.717) is 28.3 Å². The van der Waals surface area contributed by atoms with Crippen LogP contribution in [0.15, 0.2) is 47.3 Å². The van der Waals surface area contributed by atoms with Crippen LogP contribution < -0.4 is 10.9 Å². The molecular formula is C18H18ClN3O. The molecule has 2 N–H and O–H groups in total. The number of H-pyrrole nitrogens is 1. The Bertz CT molecular complexity index is 904. The molecule has 0 spiro atoms. The van der Waals surface area contributed by atoms with Gasteiger partial charge in [0.15, 0.2) is 0 Å². The summed E-state index contributed by atoms with van der Waals surface area (Å²) >= 11 is 5.98. The predicted molar refractivity (Wildman–Crippen MR) is 93.8 cm³/mol. The van der Waals surface area contributed by atoms with E-state index in [0.717, 1.165) is 0 Å². The zero-order valence-electron chi connectivity index (χ0n) is 13.1. The van der Waals surface area contributed by atoms with Gasteiger partial charge >= 0.3 is 0 Å². The van der Waals surface area contributed by atoms with Crippen LogP contribution >= 0.6 is 11.6 Å². The molecule has 0 amide bonds. The third kappa shape index (κ3) is 3.44. The van der Waals surface area contributed by atoms with Crippen molar-refractivity contribution in [1.29, 1.82) is 0 Å². The number of hydrogen-bond acceptors (Lipinski definition) is 3. The van der Waals surface area contributed by atoms with Crippen LogP contribution in [0.3, 0.4) is 0 Å². The lowest BCUT2D eigenvalue weighted by Crippen LogP contribution is -2.22. The van der Waals surface area contributed by atoms with Gasteiger partial charge in [-0.1, -0.05) is 35.9 Å². The summed E-state index contributed by atoms with van der Waals surface area (Å²) in [4.78, 5) is 19.4. The summed E-state index contributed by atoms with van der Waals surface area (Å²) in [5.74, 6) is 0.602. The molecule has 0 unspecified atom stereocenters. The fraction of sp³-hybridized carbons (Fsp3) is 0.222. The van der Waals surface area contributed by atoms with Crippen molar-refractivity contribution in [3.8, 4) is 0 Å². The lowest BCUT2D eigenvalue weighted by Gasteiger charge is -2.16. The maximum Gasteiger partial charge on any atom is 0.258 e. The second-order valence-electron chi connectivity index (χ2n) is 5.63. The number of halogens is 1. The average Bonchev–Trinajstić information content (AvgIpc) is 2.52. The van der Waals surface area contributed by atoms with E-state index < -0.39 is 0 Å². The maximum atomic E-state index is 12.1. The number of nitrogens with one attached hydrogen (secondary N) is 2. The van der Waals surface area contributed by atoms with Gasteiger partial charge in [0.2, 0.25) is 0 Å². The number of rotatable bonds is 4. The van der Waals surface area contributed by atoms with E-state index in [2.05, 4.69) is 41.3 Å². The molecule has 0 aliphatic rings. The summed E-state index contributed by atoms with van der Waals surface area (Å²) in [6.07, 6.45) is 0. The van der Waals surface area contributed by atoms with Crippen molar-refractivity contribution < 1.29 is 0 Å². The number of aromatic nitrogens is 2. The van der Waals surface area contributed by atoms with Gasteiger partial charge in [-0.05, 0) is 43.2 Å². The quantitative estimate of drug-likeness (QED) is 0.767. The van der Waals surface area contributed by atoms with Crippen LogP contribution in [0.2, 0.25) is 5.02 Å². The Kier molecular flexibility index (Phi) is 4.46. The van der Waals surface area contributed by atoms with Crippen molar-refractivity contribution in [2.45, 2.75) is 26.4 Å². The van der Waals surface area contributed by atoms with Crippen LogP contribution in [-0.4, -0.2) is 9.97 Å². The van der Waals surface area contributed by atoms with E-state index in [1.807, 2.05) is 12.1 Å². The summed E-state index contributed by atoms with van der Waals surface area (Å²) in [6, 6.07) is 13.5. The molecule has 23 heavy (non-hydrogen) atoms. The number of fused-ring (bicyclic) bond motifs is 1. The highest BCUT2D eigenvalue weighted by atomic mass is 35.5. The van der Waals surface area contributed by atoms with Gasteiger partial charge in [0, 0.05) is 11.1 Å². The molecule has 1 aromatic heterocycles. The molecule has 4 nitrogen and oxygen atoms in total. The summed E-state index contributed by atoms with van der Waals surface area (Å²) in [5, 5.41) is 4.52. The molecule has 0 saturated carbocycles. The molecule has 0 aliphatic heterocycles. The molecule has 1 heterocycles. The second-order valence-corrected chi connectivity index (χ2v) is 6.07. The SMILES string of the molecule is Cc1ccccc1[C@H](C)NCc1nc2cc(Cl)ccc2c(=O)[nH]1. The van der Waals surface area contributed by atoms with Gasteiger partial charge in [0.1, 0.15) is 5.82 Å². The largest absolute Gasteiger partial charge is 0.309 e. The van der Waals surface area contributed by atoms with Gasteiger partial charge in [0.05, 0.1) is 17.4 Å². The van der Waals surface area contributed by atoms with Gasteiger partial charge in [0.25, 0.3) is 5.56 Å². The molecule has 3 rings (SSSR count). The number of aromatic amines is 1. The monoisotopic (exact) mass is 327 g/mol. The van der Waals surface area contributed by atoms with Crippen LogP contribution in [0.1, 0.15) is 29.9 Å². The maximum absolute atomic E-state index is 12.1. The van der Waals surface area contributed by atoms with Crippen molar-refractivity contribution in [1.82, 2.24) is 15.3 Å². The van der Waals surface area contributed by atoms with Gasteiger partial charge < -0.3 is 10.3 Å². The van der Waals surface area contributed by atoms with Crippen LogP contribution in [0, 0.1) is 6.92 Å². The zero-order valence-corrected chi connectivity index (χ0v) is 13.8. The van der Waals surface area contributed by atoms with Crippen LogP contribution in [0.25, 0.3) is 10.9 Å². The first kappa shape index (κ1) is 15.7. The zero-order chi connectivity index (χ0) is 16.4. The Hall–Kier alpha value is -2.17.